The molecule has 0 aliphatic rings. The van der Waals surface area contributed by atoms with Crippen LogP contribution in [0.5, 0.6) is 0 Å². The minimum atomic E-state index is -0.429. The van der Waals surface area contributed by atoms with Gasteiger partial charge in [0.2, 0.25) is 0 Å². The van der Waals surface area contributed by atoms with E-state index in [1.165, 1.54) is 11.8 Å². The molecule has 0 bridgehead atoms. The Kier molecular flexibility index (Phi) is 6.69. The first-order valence-electron chi connectivity index (χ1n) is 10.4. The fraction of sp³-hybridized carbons (Fsp3) is 0.208. The molecule has 0 saturated heterocycles. The zero-order valence-electron chi connectivity index (χ0n) is 18.5. The maximum Gasteiger partial charge on any atom is 0.340 e. The van der Waals surface area contributed by atoms with Crippen LogP contribution in [0.2, 0.25) is 0 Å². The molecule has 0 aliphatic heterocycles. The van der Waals surface area contributed by atoms with E-state index in [2.05, 4.69) is 20.2 Å². The molecule has 0 radical (unpaired) electrons. The number of esters is 1. The van der Waals surface area contributed by atoms with Crippen molar-refractivity contribution in [3.8, 4) is 17.1 Å². The van der Waals surface area contributed by atoms with E-state index < -0.39 is 5.97 Å². The number of thioether (sulfide) groups is 1. The van der Waals surface area contributed by atoms with Gasteiger partial charge in [-0.05, 0) is 50.6 Å². The van der Waals surface area contributed by atoms with Crippen LogP contribution in [0.1, 0.15) is 39.0 Å². The molecule has 8 nitrogen and oxygen atoms in total. The van der Waals surface area contributed by atoms with Crippen LogP contribution in [0.3, 0.4) is 0 Å². The summed E-state index contributed by atoms with van der Waals surface area (Å²) < 4.78 is 7.04. The van der Waals surface area contributed by atoms with Gasteiger partial charge in [0.05, 0.1) is 23.6 Å². The van der Waals surface area contributed by atoms with Crippen molar-refractivity contribution >= 4 is 23.5 Å². The lowest BCUT2D eigenvalue weighted by atomic mass is 10.1. The molecule has 1 N–H and O–H groups in total. The average Bonchev–Trinajstić information content (AvgIpc) is 3.39. The van der Waals surface area contributed by atoms with E-state index in [4.69, 9.17) is 4.74 Å². The van der Waals surface area contributed by atoms with E-state index in [-0.39, 0.29) is 18.1 Å². The Morgan fingerprint density at radius 2 is 1.79 bits per heavy atom. The molecular formula is C24H23N5O3S. The number of Topliss-reactive ketones (excluding diaryl/α,β-unsaturated/α-hetero) is 1. The Labute approximate surface area is 195 Å². The summed E-state index contributed by atoms with van der Waals surface area (Å²) in [5.41, 5.74) is 3.79. The fourth-order valence-corrected chi connectivity index (χ4v) is 4.43. The average molecular weight is 462 g/mol. The molecule has 0 saturated carbocycles. The van der Waals surface area contributed by atoms with Crippen molar-refractivity contribution in [3.05, 3.63) is 77.4 Å². The van der Waals surface area contributed by atoms with Crippen molar-refractivity contribution in [2.45, 2.75) is 25.9 Å². The number of carbonyl (C=O) groups excluding carboxylic acids is 2. The van der Waals surface area contributed by atoms with Gasteiger partial charge in [0.1, 0.15) is 0 Å². The quantitative estimate of drug-likeness (QED) is 0.235. The third-order valence-electron chi connectivity index (χ3n) is 5.11. The maximum absolute atomic E-state index is 13.0. The second kappa shape index (κ2) is 9.83. The van der Waals surface area contributed by atoms with E-state index in [0.717, 1.165) is 11.3 Å². The first kappa shape index (κ1) is 22.5. The van der Waals surface area contributed by atoms with Gasteiger partial charge in [-0.1, -0.05) is 30.0 Å². The van der Waals surface area contributed by atoms with Crippen LogP contribution in [0, 0.1) is 13.8 Å². The summed E-state index contributed by atoms with van der Waals surface area (Å²) in [6.07, 6.45) is 3.40. The van der Waals surface area contributed by atoms with Crippen molar-refractivity contribution in [1.82, 2.24) is 24.7 Å². The summed E-state index contributed by atoms with van der Waals surface area (Å²) in [5.74, 6) is 0.227. The van der Waals surface area contributed by atoms with Crippen LogP contribution in [-0.4, -0.2) is 48.8 Å². The third-order valence-corrected chi connectivity index (χ3v) is 6.04. The molecule has 0 atom stereocenters. The summed E-state index contributed by atoms with van der Waals surface area (Å²) in [5, 5.41) is 9.32. The van der Waals surface area contributed by atoms with Crippen molar-refractivity contribution in [1.29, 1.82) is 0 Å². The van der Waals surface area contributed by atoms with E-state index >= 15 is 0 Å². The minimum Gasteiger partial charge on any atom is -0.462 e. The molecule has 4 rings (SSSR count). The van der Waals surface area contributed by atoms with E-state index in [9.17, 15) is 9.59 Å². The fourth-order valence-electron chi connectivity index (χ4n) is 3.60. The number of aromatic nitrogens is 5. The summed E-state index contributed by atoms with van der Waals surface area (Å²) in [6.45, 7) is 5.54. The molecule has 0 unspecified atom stereocenters. The number of ether oxygens (including phenoxy) is 1. The molecule has 1 aromatic carbocycles. The largest absolute Gasteiger partial charge is 0.462 e. The maximum atomic E-state index is 13.0. The topological polar surface area (TPSA) is 103 Å². The van der Waals surface area contributed by atoms with Gasteiger partial charge in [0.25, 0.3) is 0 Å². The lowest BCUT2D eigenvalue weighted by Gasteiger charge is -2.10. The summed E-state index contributed by atoms with van der Waals surface area (Å²) >= 11 is 1.29. The standard InChI is InChI=1S/C24H23N5O3S/c1-4-32-23(31)20-15(2)21(26-16(20)3)19(30)14-33-24-28-27-22(17-10-12-25-13-11-17)29(24)18-8-6-5-7-9-18/h5-13,26H,4,14H2,1-3H3. The second-order valence-corrected chi connectivity index (χ2v) is 8.21. The molecular weight excluding hydrogens is 438 g/mol. The summed E-state index contributed by atoms with van der Waals surface area (Å²) in [6, 6.07) is 13.5. The summed E-state index contributed by atoms with van der Waals surface area (Å²) in [7, 11) is 0. The number of hydrogen-bond acceptors (Lipinski definition) is 7. The number of nitrogens with one attached hydrogen (secondary N) is 1. The van der Waals surface area contributed by atoms with Crippen molar-refractivity contribution in [2.75, 3.05) is 12.4 Å². The first-order valence-corrected chi connectivity index (χ1v) is 11.4. The number of aryl methyl sites for hydroxylation is 1. The number of H-pyrrole nitrogens is 1. The Morgan fingerprint density at radius 1 is 1.06 bits per heavy atom. The van der Waals surface area contributed by atoms with Gasteiger partial charge in [-0.15, -0.1) is 10.2 Å². The van der Waals surface area contributed by atoms with E-state index in [0.29, 0.717) is 33.5 Å². The highest BCUT2D eigenvalue weighted by Crippen LogP contribution is 2.29. The monoisotopic (exact) mass is 461 g/mol. The highest BCUT2D eigenvalue weighted by molar-refractivity contribution is 7.99. The number of benzene rings is 1. The van der Waals surface area contributed by atoms with E-state index in [1.54, 1.807) is 33.2 Å². The highest BCUT2D eigenvalue weighted by Gasteiger charge is 2.24. The minimum absolute atomic E-state index is 0.129. The van der Waals surface area contributed by atoms with Gasteiger partial charge in [-0.3, -0.25) is 14.3 Å². The number of carbonyl (C=O) groups is 2. The smallest absolute Gasteiger partial charge is 0.340 e. The first-order chi connectivity index (χ1) is 16.0. The second-order valence-electron chi connectivity index (χ2n) is 7.27. The van der Waals surface area contributed by atoms with Crippen molar-refractivity contribution in [3.63, 3.8) is 0 Å². The number of para-hydroxylation sites is 1. The van der Waals surface area contributed by atoms with Crippen LogP contribution in [0.15, 0.2) is 60.0 Å². The molecule has 9 heteroatoms. The number of hydrogen-bond donors (Lipinski definition) is 1. The van der Waals surface area contributed by atoms with Crippen LogP contribution < -0.4 is 0 Å². The number of nitrogens with zero attached hydrogens (tertiary/aromatic N) is 4. The molecule has 0 amide bonds. The van der Waals surface area contributed by atoms with Crippen molar-refractivity contribution < 1.29 is 14.3 Å². The van der Waals surface area contributed by atoms with Gasteiger partial charge < -0.3 is 9.72 Å². The molecule has 33 heavy (non-hydrogen) atoms. The Hall–Kier alpha value is -3.72. The van der Waals surface area contributed by atoms with E-state index in [1.807, 2.05) is 47.0 Å². The van der Waals surface area contributed by atoms with Crippen LogP contribution in [-0.2, 0) is 4.74 Å². The predicted molar refractivity (Wildman–Crippen MR) is 126 cm³/mol. The zero-order valence-corrected chi connectivity index (χ0v) is 19.3. The lowest BCUT2D eigenvalue weighted by Crippen LogP contribution is -2.09. The van der Waals surface area contributed by atoms with Gasteiger partial charge in [0, 0.05) is 29.3 Å². The molecule has 0 aliphatic carbocycles. The number of rotatable bonds is 8. The third kappa shape index (κ3) is 4.58. The van der Waals surface area contributed by atoms with Crippen LogP contribution in [0.25, 0.3) is 17.1 Å². The number of pyridine rings is 1. The molecule has 3 aromatic heterocycles. The molecule has 0 fully saturated rings. The van der Waals surface area contributed by atoms with Gasteiger partial charge in [-0.2, -0.15) is 0 Å². The zero-order chi connectivity index (χ0) is 23.4. The number of ketones is 1. The van der Waals surface area contributed by atoms with Gasteiger partial charge in [-0.25, -0.2) is 4.79 Å². The molecule has 3 heterocycles. The molecule has 168 valence electrons. The van der Waals surface area contributed by atoms with Crippen LogP contribution >= 0.6 is 11.8 Å². The molecule has 0 spiro atoms. The van der Waals surface area contributed by atoms with Gasteiger partial charge in [0.15, 0.2) is 16.8 Å². The summed E-state index contributed by atoms with van der Waals surface area (Å²) in [4.78, 5) is 32.4. The highest BCUT2D eigenvalue weighted by atomic mass is 32.2. The Balaban J connectivity index is 1.62. The molecule has 4 aromatic rings. The van der Waals surface area contributed by atoms with Crippen LogP contribution in [0.4, 0.5) is 0 Å². The SMILES string of the molecule is CCOC(=O)c1c(C)[nH]c(C(=O)CSc2nnc(-c3ccncc3)n2-c2ccccc2)c1C. The predicted octanol–water partition coefficient (Wildman–Crippen LogP) is 4.43. The Bertz CT molecular complexity index is 1280. The van der Waals surface area contributed by atoms with Gasteiger partial charge >= 0.3 is 5.97 Å². The number of aromatic amines is 1. The van der Waals surface area contributed by atoms with Crippen molar-refractivity contribution in [2.24, 2.45) is 0 Å². The lowest BCUT2D eigenvalue weighted by molar-refractivity contribution is 0.0525. The Morgan fingerprint density at radius 3 is 2.48 bits per heavy atom. The normalized spacial score (nSPS) is 10.9.